The molecule has 0 heterocycles. The summed E-state index contributed by atoms with van der Waals surface area (Å²) in [5.41, 5.74) is 1.35. The fraction of sp³-hybridized carbons (Fsp3) is 0.833. The van der Waals surface area contributed by atoms with Crippen molar-refractivity contribution < 1.29 is 5.11 Å². The first kappa shape index (κ1) is 12.7. The predicted octanol–water partition coefficient (Wildman–Crippen LogP) is 3.67. The lowest BCUT2D eigenvalue weighted by molar-refractivity contribution is 0.152. The Kier molecular flexibility index (Phi) is 8.11. The van der Waals surface area contributed by atoms with E-state index < -0.39 is 0 Å². The molecule has 0 aromatic rings. The van der Waals surface area contributed by atoms with Crippen LogP contribution in [0, 0.1) is 0 Å². The van der Waals surface area contributed by atoms with Gasteiger partial charge in [-0.1, -0.05) is 37.8 Å². The molecule has 0 aliphatic rings. The molecule has 0 spiro atoms. The second-order valence-electron chi connectivity index (χ2n) is 4.01. The minimum absolute atomic E-state index is 0.0813. The second-order valence-corrected chi connectivity index (χ2v) is 4.01. The van der Waals surface area contributed by atoms with Crippen LogP contribution in [-0.4, -0.2) is 11.2 Å². The van der Waals surface area contributed by atoms with Crippen molar-refractivity contribution in [2.75, 3.05) is 0 Å². The molecule has 1 atom stereocenters. The molecule has 1 nitrogen and oxygen atoms in total. The average Bonchev–Trinajstić information content (AvgIpc) is 2.04. The molecule has 0 radical (unpaired) electrons. The summed E-state index contributed by atoms with van der Waals surface area (Å²) in [6, 6.07) is 0. The van der Waals surface area contributed by atoms with Gasteiger partial charge >= 0.3 is 0 Å². The Hall–Kier alpha value is -0.300. The van der Waals surface area contributed by atoms with E-state index in [1.54, 1.807) is 0 Å². The zero-order chi connectivity index (χ0) is 10.1. The van der Waals surface area contributed by atoms with Crippen molar-refractivity contribution in [3.05, 3.63) is 11.6 Å². The molecule has 0 saturated heterocycles. The highest BCUT2D eigenvalue weighted by atomic mass is 16.3. The average molecular weight is 184 g/mol. The van der Waals surface area contributed by atoms with E-state index in [-0.39, 0.29) is 6.10 Å². The first-order valence-corrected chi connectivity index (χ1v) is 5.48. The van der Waals surface area contributed by atoms with Crippen molar-refractivity contribution in [3.63, 3.8) is 0 Å². The molecule has 1 N–H and O–H groups in total. The van der Waals surface area contributed by atoms with Crippen molar-refractivity contribution in [2.45, 2.75) is 65.4 Å². The molecule has 0 aliphatic heterocycles. The van der Waals surface area contributed by atoms with Crippen LogP contribution >= 0.6 is 0 Å². The van der Waals surface area contributed by atoms with Gasteiger partial charge < -0.3 is 5.11 Å². The highest BCUT2D eigenvalue weighted by Gasteiger charge is 2.01. The maximum absolute atomic E-state index is 9.56. The summed E-state index contributed by atoms with van der Waals surface area (Å²) in [4.78, 5) is 0. The maximum Gasteiger partial charge on any atom is 0.0543 e. The van der Waals surface area contributed by atoms with Crippen molar-refractivity contribution in [1.29, 1.82) is 0 Å². The summed E-state index contributed by atoms with van der Waals surface area (Å²) in [5.74, 6) is 0. The molecule has 0 aromatic heterocycles. The monoisotopic (exact) mass is 184 g/mol. The van der Waals surface area contributed by atoms with E-state index in [9.17, 15) is 5.11 Å². The fourth-order valence-corrected chi connectivity index (χ4v) is 1.34. The molecule has 0 aromatic carbocycles. The van der Waals surface area contributed by atoms with Crippen LogP contribution in [-0.2, 0) is 0 Å². The molecule has 1 heteroatoms. The Morgan fingerprint density at radius 2 is 1.92 bits per heavy atom. The van der Waals surface area contributed by atoms with Crippen LogP contribution < -0.4 is 0 Å². The van der Waals surface area contributed by atoms with Crippen LogP contribution in [0.3, 0.4) is 0 Å². The Morgan fingerprint density at radius 1 is 1.23 bits per heavy atom. The summed E-state index contributed by atoms with van der Waals surface area (Å²) >= 11 is 0. The van der Waals surface area contributed by atoms with Gasteiger partial charge in [0.15, 0.2) is 0 Å². The molecule has 0 fully saturated rings. The zero-order valence-electron chi connectivity index (χ0n) is 9.34. The summed E-state index contributed by atoms with van der Waals surface area (Å²) < 4.78 is 0. The number of allylic oxidation sites excluding steroid dienone is 2. The van der Waals surface area contributed by atoms with E-state index in [0.717, 1.165) is 19.3 Å². The number of aliphatic hydroxyl groups excluding tert-OH is 1. The third kappa shape index (κ3) is 9.62. The molecule has 0 amide bonds. The van der Waals surface area contributed by atoms with Crippen LogP contribution in [0.5, 0.6) is 0 Å². The summed E-state index contributed by atoms with van der Waals surface area (Å²) in [7, 11) is 0. The molecule has 0 aliphatic carbocycles. The van der Waals surface area contributed by atoms with Crippen LogP contribution in [0.1, 0.15) is 59.3 Å². The largest absolute Gasteiger partial charge is 0.393 e. The maximum atomic E-state index is 9.56. The highest BCUT2D eigenvalue weighted by molar-refractivity contribution is 4.92. The minimum Gasteiger partial charge on any atom is -0.393 e. The van der Waals surface area contributed by atoms with Gasteiger partial charge in [0.05, 0.1) is 6.10 Å². The SMILES string of the molecule is CCCCCC(O)CCC=C(C)C. The van der Waals surface area contributed by atoms with Crippen molar-refractivity contribution in [3.8, 4) is 0 Å². The lowest BCUT2D eigenvalue weighted by Gasteiger charge is -2.08. The van der Waals surface area contributed by atoms with Gasteiger partial charge in [0.1, 0.15) is 0 Å². The molecular weight excluding hydrogens is 160 g/mol. The fourth-order valence-electron chi connectivity index (χ4n) is 1.34. The van der Waals surface area contributed by atoms with Gasteiger partial charge in [-0.15, -0.1) is 0 Å². The van der Waals surface area contributed by atoms with E-state index in [1.807, 2.05) is 0 Å². The molecular formula is C12H24O. The van der Waals surface area contributed by atoms with Crippen molar-refractivity contribution in [1.82, 2.24) is 0 Å². The lowest BCUT2D eigenvalue weighted by Crippen LogP contribution is -2.05. The van der Waals surface area contributed by atoms with Crippen molar-refractivity contribution >= 4 is 0 Å². The highest BCUT2D eigenvalue weighted by Crippen LogP contribution is 2.09. The molecule has 0 rings (SSSR count). The Balaban J connectivity index is 3.30. The van der Waals surface area contributed by atoms with E-state index >= 15 is 0 Å². The van der Waals surface area contributed by atoms with Gasteiger partial charge in [-0.3, -0.25) is 0 Å². The van der Waals surface area contributed by atoms with Gasteiger partial charge in [-0.25, -0.2) is 0 Å². The third-order valence-electron chi connectivity index (χ3n) is 2.19. The Bertz CT molecular complexity index is 134. The van der Waals surface area contributed by atoms with Crippen LogP contribution in [0.4, 0.5) is 0 Å². The summed E-state index contributed by atoms with van der Waals surface area (Å²) in [5, 5.41) is 9.56. The van der Waals surface area contributed by atoms with E-state index in [2.05, 4.69) is 26.8 Å². The third-order valence-corrected chi connectivity index (χ3v) is 2.19. The van der Waals surface area contributed by atoms with Gasteiger partial charge in [0, 0.05) is 0 Å². The smallest absolute Gasteiger partial charge is 0.0543 e. The Labute approximate surface area is 82.9 Å². The van der Waals surface area contributed by atoms with Gasteiger partial charge in [0.25, 0.3) is 0 Å². The van der Waals surface area contributed by atoms with Crippen LogP contribution in [0.15, 0.2) is 11.6 Å². The molecule has 1 unspecified atom stereocenters. The predicted molar refractivity (Wildman–Crippen MR) is 58.8 cm³/mol. The normalized spacial score (nSPS) is 12.6. The van der Waals surface area contributed by atoms with Gasteiger partial charge in [-0.05, 0) is 33.1 Å². The van der Waals surface area contributed by atoms with E-state index in [1.165, 1.54) is 24.8 Å². The number of rotatable bonds is 7. The molecule has 0 bridgehead atoms. The number of hydrogen-bond donors (Lipinski definition) is 1. The Morgan fingerprint density at radius 3 is 2.46 bits per heavy atom. The first-order valence-electron chi connectivity index (χ1n) is 5.48. The molecule has 78 valence electrons. The van der Waals surface area contributed by atoms with Gasteiger partial charge in [0.2, 0.25) is 0 Å². The number of unbranched alkanes of at least 4 members (excludes halogenated alkanes) is 2. The number of aliphatic hydroxyl groups is 1. The van der Waals surface area contributed by atoms with Crippen LogP contribution in [0.25, 0.3) is 0 Å². The second kappa shape index (κ2) is 8.31. The minimum atomic E-state index is -0.0813. The summed E-state index contributed by atoms with van der Waals surface area (Å²) in [6.45, 7) is 6.39. The lowest BCUT2D eigenvalue weighted by atomic mass is 10.1. The zero-order valence-corrected chi connectivity index (χ0v) is 9.34. The molecule has 13 heavy (non-hydrogen) atoms. The number of hydrogen-bond acceptors (Lipinski definition) is 1. The summed E-state index contributed by atoms with van der Waals surface area (Å²) in [6.07, 6.45) is 8.70. The standard InChI is InChI=1S/C12H24O/c1-4-5-6-9-12(13)10-7-8-11(2)3/h8,12-13H,4-7,9-10H2,1-3H3. The van der Waals surface area contributed by atoms with Gasteiger partial charge in [-0.2, -0.15) is 0 Å². The topological polar surface area (TPSA) is 20.2 Å². The van der Waals surface area contributed by atoms with Crippen LogP contribution in [0.2, 0.25) is 0 Å². The van der Waals surface area contributed by atoms with Crippen molar-refractivity contribution in [2.24, 2.45) is 0 Å². The van der Waals surface area contributed by atoms with E-state index in [4.69, 9.17) is 0 Å². The first-order chi connectivity index (χ1) is 6.16. The van der Waals surface area contributed by atoms with E-state index in [0.29, 0.717) is 0 Å². The quantitative estimate of drug-likeness (QED) is 0.473. The molecule has 0 saturated carbocycles.